The van der Waals surface area contributed by atoms with Crippen molar-refractivity contribution in [3.8, 4) is 0 Å². The molecule has 14 atom stereocenters. The molecule has 3 heterocycles. The van der Waals surface area contributed by atoms with E-state index in [4.69, 9.17) is 18.9 Å². The largest absolute Gasteiger partial charge is 0.455 e. The minimum Gasteiger partial charge on any atom is -0.455 e. The summed E-state index contributed by atoms with van der Waals surface area (Å²) in [5.41, 5.74) is -3.15. The zero-order valence-corrected chi connectivity index (χ0v) is 35.1. The van der Waals surface area contributed by atoms with Gasteiger partial charge in [-0.2, -0.15) is 0 Å². The van der Waals surface area contributed by atoms with E-state index in [-0.39, 0.29) is 49.5 Å². The van der Waals surface area contributed by atoms with Crippen LogP contribution in [0.25, 0.3) is 0 Å². The fraction of sp³-hybridized carbons (Fsp3) is 0.814. The Labute approximate surface area is 333 Å². The van der Waals surface area contributed by atoms with E-state index in [2.05, 4.69) is 0 Å². The molecule has 3 fully saturated rings. The normalized spacial score (nSPS) is 42.7. The monoisotopic (exact) mass is 791 g/mol. The Hall–Kier alpha value is -2.52. The predicted molar refractivity (Wildman–Crippen MR) is 208 cm³/mol. The first-order chi connectivity index (χ1) is 26.4. The van der Waals surface area contributed by atoms with Crippen LogP contribution in [-0.4, -0.2) is 131 Å². The Bertz CT molecular complexity index is 1460. The van der Waals surface area contributed by atoms with E-state index in [0.29, 0.717) is 56.9 Å². The van der Waals surface area contributed by atoms with Crippen LogP contribution < -0.4 is 0 Å². The number of allylic oxidation sites excluding steroid dienone is 3. The first kappa shape index (κ1) is 46.2. The average Bonchev–Trinajstić information content (AvgIpc) is 3.35. The lowest BCUT2D eigenvalue weighted by molar-refractivity contribution is -0.171. The van der Waals surface area contributed by atoms with E-state index in [1.54, 1.807) is 27.9 Å². The minimum atomic E-state index is -2.61. The van der Waals surface area contributed by atoms with Crippen molar-refractivity contribution in [1.29, 1.82) is 0 Å². The molecule has 1 amide bonds. The number of ketones is 2. The van der Waals surface area contributed by atoms with Gasteiger partial charge in [0.1, 0.15) is 18.0 Å². The summed E-state index contributed by atoms with van der Waals surface area (Å²) in [6.45, 7) is 11.0. The lowest BCUT2D eigenvalue weighted by atomic mass is 9.75. The summed E-state index contributed by atoms with van der Waals surface area (Å²) in [6.07, 6.45) is 1.58. The highest BCUT2D eigenvalue weighted by Crippen LogP contribution is 2.46. The molecule has 0 aromatic carbocycles. The minimum absolute atomic E-state index is 0.0244. The van der Waals surface area contributed by atoms with Crippen molar-refractivity contribution in [3.05, 3.63) is 23.3 Å². The van der Waals surface area contributed by atoms with Crippen LogP contribution in [0.15, 0.2) is 23.3 Å². The number of amides is 1. The van der Waals surface area contributed by atoms with E-state index in [1.165, 1.54) is 14.2 Å². The molecule has 1 unspecified atom stereocenters. The number of piperidine rings is 1. The number of ether oxygens (including phenoxy) is 4. The zero-order valence-electron chi connectivity index (χ0n) is 35.1. The third-order valence-electron chi connectivity index (χ3n) is 13.3. The molecular formula is C43H69NO12. The number of aliphatic hydroxyl groups excluding tert-OH is 3. The second-order valence-electron chi connectivity index (χ2n) is 17.4. The molecule has 2 saturated heterocycles. The molecule has 4 aliphatic rings. The van der Waals surface area contributed by atoms with E-state index in [1.807, 2.05) is 32.9 Å². The third-order valence-corrected chi connectivity index (χ3v) is 13.3. The van der Waals surface area contributed by atoms with E-state index < -0.39 is 83.2 Å². The molecule has 1 spiro atoms. The molecule has 318 valence electrons. The second kappa shape index (κ2) is 19.5. The van der Waals surface area contributed by atoms with Gasteiger partial charge in [-0.3, -0.25) is 14.4 Å². The van der Waals surface area contributed by atoms with Gasteiger partial charge in [-0.25, -0.2) is 4.79 Å². The fourth-order valence-corrected chi connectivity index (χ4v) is 9.82. The van der Waals surface area contributed by atoms with Gasteiger partial charge in [0.15, 0.2) is 0 Å². The Morgan fingerprint density at radius 1 is 0.911 bits per heavy atom. The summed E-state index contributed by atoms with van der Waals surface area (Å²) in [7, 11) is 4.45. The highest BCUT2D eigenvalue weighted by molar-refractivity contribution is 6.28. The van der Waals surface area contributed by atoms with Crippen molar-refractivity contribution in [3.63, 3.8) is 0 Å². The van der Waals surface area contributed by atoms with Gasteiger partial charge in [-0.15, -0.1) is 0 Å². The Balaban J connectivity index is 1.82. The van der Waals surface area contributed by atoms with Gasteiger partial charge < -0.3 is 44.3 Å². The molecule has 13 nitrogen and oxygen atoms in total. The molecule has 0 aromatic rings. The summed E-state index contributed by atoms with van der Waals surface area (Å²) in [4.78, 5) is 58.8. The summed E-state index contributed by atoms with van der Waals surface area (Å²) < 4.78 is 23.3. The van der Waals surface area contributed by atoms with Crippen molar-refractivity contribution in [2.75, 3.05) is 27.9 Å². The van der Waals surface area contributed by atoms with Gasteiger partial charge in [-0.05, 0) is 95.5 Å². The molecule has 1 aliphatic carbocycles. The number of fused-ring (bicyclic) bond motifs is 1. The smallest absolute Gasteiger partial charge is 0.340 e. The molecule has 1 saturated carbocycles. The fourth-order valence-electron chi connectivity index (χ4n) is 9.82. The molecule has 0 aromatic heterocycles. The molecule has 56 heavy (non-hydrogen) atoms. The van der Waals surface area contributed by atoms with Crippen LogP contribution in [-0.2, 0) is 38.1 Å². The SMILES string of the molecule is CC[C@@H]1/C=C(\C)C[C@H](C)C[C@H](OC)[C@@H](O)[C@@H](OC)C[C@@H](C)[C@@]2(O)C(=O)N3CCCC[C@]3(C(=O)OC(/C(C)=C/[C@@H]3CC[C@@H](O)[C@H](OC)C3)[C@@H](C)[C@@H](O)CC1=O)C2=O. The third kappa shape index (κ3) is 9.35. The molecule has 2 bridgehead atoms. The number of carbonyl (C=O) groups is 4. The molecule has 0 radical (unpaired) electrons. The molecular weight excluding hydrogens is 722 g/mol. The van der Waals surface area contributed by atoms with Gasteiger partial charge in [0.25, 0.3) is 5.91 Å². The standard InChI is InChI=1S/C43H69NO12/c1-10-30-18-24(2)17-25(3)19-35(54-8)37(48)36(55-9)21-27(5)43(52)39(49)42(15-11-12-16-44(42)40(43)50)41(51)56-38(28(6)32(46)23-33(30)47)26(4)20-29-13-14-31(45)34(22-29)53-7/h18,20,25,27-32,34-38,45-46,48,52H,10-17,19,21-23H2,1-9H3/b24-18+,26-20+/t25-,27+,28-,29-,30+,31+,32-,34+,35-,36-,37+,38?,42+,43-/m0/s1. The van der Waals surface area contributed by atoms with Gasteiger partial charge in [0.05, 0.1) is 30.5 Å². The van der Waals surface area contributed by atoms with Crippen LogP contribution in [0.5, 0.6) is 0 Å². The van der Waals surface area contributed by atoms with Gasteiger partial charge in [0.2, 0.25) is 16.9 Å². The lowest BCUT2D eigenvalue weighted by Crippen LogP contribution is -2.60. The topological polar surface area (TPSA) is 189 Å². The van der Waals surface area contributed by atoms with Crippen molar-refractivity contribution in [2.45, 2.75) is 166 Å². The van der Waals surface area contributed by atoms with Crippen molar-refractivity contribution < 1.29 is 58.6 Å². The quantitative estimate of drug-likeness (QED) is 0.173. The van der Waals surface area contributed by atoms with Crippen LogP contribution in [0.2, 0.25) is 0 Å². The van der Waals surface area contributed by atoms with E-state index >= 15 is 0 Å². The van der Waals surface area contributed by atoms with Gasteiger partial charge in [-0.1, -0.05) is 45.4 Å². The second-order valence-corrected chi connectivity index (χ2v) is 17.4. The zero-order chi connectivity index (χ0) is 41.7. The lowest BCUT2D eigenvalue weighted by Gasteiger charge is -2.40. The van der Waals surface area contributed by atoms with Gasteiger partial charge in [0, 0.05) is 52.0 Å². The number of aliphatic hydroxyl groups is 4. The molecule has 4 N–H and O–H groups in total. The number of cyclic esters (lactones) is 1. The first-order valence-corrected chi connectivity index (χ1v) is 20.7. The Kier molecular flexibility index (Phi) is 16.1. The van der Waals surface area contributed by atoms with Crippen LogP contribution in [0.3, 0.4) is 0 Å². The maximum Gasteiger partial charge on any atom is 0.340 e. The molecule has 3 aliphatic heterocycles. The highest BCUT2D eigenvalue weighted by Gasteiger charge is 2.72. The van der Waals surface area contributed by atoms with E-state index in [9.17, 15) is 39.6 Å². The summed E-state index contributed by atoms with van der Waals surface area (Å²) in [5.74, 6) is -5.40. The number of methoxy groups -OCH3 is 3. The van der Waals surface area contributed by atoms with Crippen molar-refractivity contribution in [2.24, 2.45) is 29.6 Å². The molecule has 4 rings (SSSR count). The maximum atomic E-state index is 14.8. The Morgan fingerprint density at radius 3 is 2.18 bits per heavy atom. The first-order valence-electron chi connectivity index (χ1n) is 20.7. The Morgan fingerprint density at radius 2 is 1.55 bits per heavy atom. The van der Waals surface area contributed by atoms with Crippen molar-refractivity contribution in [1.82, 2.24) is 4.90 Å². The number of esters is 1. The van der Waals surface area contributed by atoms with Crippen molar-refractivity contribution >= 4 is 23.4 Å². The average molecular weight is 792 g/mol. The summed E-state index contributed by atoms with van der Waals surface area (Å²) in [5, 5.41) is 46.0. The number of hydrogen-bond donors (Lipinski definition) is 4. The van der Waals surface area contributed by atoms with Crippen LogP contribution >= 0.6 is 0 Å². The van der Waals surface area contributed by atoms with Gasteiger partial charge >= 0.3 is 5.97 Å². The molecule has 13 heteroatoms. The number of nitrogens with zero attached hydrogens (tertiary/aromatic N) is 1. The summed E-state index contributed by atoms with van der Waals surface area (Å²) >= 11 is 0. The highest BCUT2D eigenvalue weighted by atomic mass is 16.6. The van der Waals surface area contributed by atoms with Crippen LogP contribution in [0.1, 0.15) is 112 Å². The maximum absolute atomic E-state index is 14.8. The summed E-state index contributed by atoms with van der Waals surface area (Å²) in [6, 6.07) is 0. The van der Waals surface area contributed by atoms with Crippen LogP contribution in [0, 0.1) is 29.6 Å². The van der Waals surface area contributed by atoms with Crippen LogP contribution in [0.4, 0.5) is 0 Å². The number of rotatable bonds is 6. The number of Topliss-reactive ketones (excluding diaryl/α,β-unsaturated/α-hetero) is 2. The predicted octanol–water partition coefficient (Wildman–Crippen LogP) is 3.86. The van der Waals surface area contributed by atoms with E-state index in [0.717, 1.165) is 10.5 Å². The number of hydrogen-bond acceptors (Lipinski definition) is 12. The number of carbonyl (C=O) groups excluding carboxylic acids is 4.